The summed E-state index contributed by atoms with van der Waals surface area (Å²) in [5.41, 5.74) is 7.91. The second kappa shape index (κ2) is 6.53. The van der Waals surface area contributed by atoms with Gasteiger partial charge in [-0.05, 0) is 47.3 Å². The average Bonchev–Trinajstić information content (AvgIpc) is 2.58. The third-order valence-corrected chi connectivity index (χ3v) is 4.87. The molecule has 1 saturated carbocycles. The minimum Gasteiger partial charge on any atom is -0.348 e. The lowest BCUT2D eigenvalue weighted by atomic mass is 10.0. The maximum atomic E-state index is 12.3. The molecule has 0 spiro atoms. The predicted molar refractivity (Wildman–Crippen MR) is 81.2 cm³/mol. The molecule has 104 valence electrons. The van der Waals surface area contributed by atoms with E-state index in [0.717, 1.165) is 29.3 Å². The molecule has 0 saturated heterocycles. The number of benzene rings is 1. The van der Waals surface area contributed by atoms with Gasteiger partial charge in [-0.15, -0.1) is 0 Å². The molecule has 2 atom stereocenters. The van der Waals surface area contributed by atoms with E-state index in [0.29, 0.717) is 5.56 Å². The largest absolute Gasteiger partial charge is 0.348 e. The summed E-state index contributed by atoms with van der Waals surface area (Å²) in [7, 11) is 0. The van der Waals surface area contributed by atoms with Gasteiger partial charge in [0.2, 0.25) is 0 Å². The first-order valence-electron chi connectivity index (χ1n) is 6.91. The minimum atomic E-state index is -0.0297. The van der Waals surface area contributed by atoms with Gasteiger partial charge in [0.25, 0.3) is 5.91 Å². The Morgan fingerprint density at radius 2 is 2.05 bits per heavy atom. The van der Waals surface area contributed by atoms with E-state index in [1.54, 1.807) is 0 Å². The highest BCUT2D eigenvalue weighted by atomic mass is 79.9. The molecule has 4 heteroatoms. The van der Waals surface area contributed by atoms with Gasteiger partial charge < -0.3 is 11.1 Å². The van der Waals surface area contributed by atoms with E-state index >= 15 is 0 Å². The Morgan fingerprint density at radius 1 is 1.32 bits per heavy atom. The summed E-state index contributed by atoms with van der Waals surface area (Å²) in [6.45, 7) is 1.98. The van der Waals surface area contributed by atoms with Crippen molar-refractivity contribution in [3.8, 4) is 0 Å². The maximum absolute atomic E-state index is 12.3. The van der Waals surface area contributed by atoms with E-state index in [1.165, 1.54) is 12.8 Å². The molecule has 1 aromatic rings. The fourth-order valence-electron chi connectivity index (χ4n) is 2.58. The van der Waals surface area contributed by atoms with Crippen molar-refractivity contribution in [3.05, 3.63) is 33.8 Å². The predicted octanol–water partition coefficient (Wildman–Crippen LogP) is 3.15. The zero-order valence-electron chi connectivity index (χ0n) is 11.3. The first kappa shape index (κ1) is 14.5. The highest BCUT2D eigenvalue weighted by Crippen LogP contribution is 2.22. The molecule has 3 nitrogen and oxygen atoms in total. The third kappa shape index (κ3) is 3.57. The van der Waals surface area contributed by atoms with Gasteiger partial charge in [0.1, 0.15) is 0 Å². The molecule has 1 amide bonds. The van der Waals surface area contributed by atoms with Crippen LogP contribution in [0.3, 0.4) is 0 Å². The Balaban J connectivity index is 2.09. The highest BCUT2D eigenvalue weighted by molar-refractivity contribution is 9.10. The number of nitrogens with one attached hydrogen (secondary N) is 1. The van der Waals surface area contributed by atoms with Crippen molar-refractivity contribution in [2.24, 2.45) is 5.73 Å². The molecular weight excluding hydrogens is 304 g/mol. The lowest BCUT2D eigenvalue weighted by Crippen LogP contribution is -2.47. The maximum Gasteiger partial charge on any atom is 0.252 e. The molecule has 0 aliphatic heterocycles. The molecule has 19 heavy (non-hydrogen) atoms. The topological polar surface area (TPSA) is 55.1 Å². The Bertz CT molecular complexity index is 461. The molecule has 1 aliphatic carbocycles. The number of amides is 1. The zero-order valence-corrected chi connectivity index (χ0v) is 12.9. The Labute approximate surface area is 123 Å². The molecule has 1 aromatic carbocycles. The molecular formula is C15H21BrN2O. The van der Waals surface area contributed by atoms with Crippen LogP contribution in [0.2, 0.25) is 0 Å². The molecule has 0 heterocycles. The van der Waals surface area contributed by atoms with E-state index in [4.69, 9.17) is 5.73 Å². The molecule has 1 fully saturated rings. The fourth-order valence-corrected chi connectivity index (χ4v) is 3.03. The molecule has 1 aliphatic rings. The molecule has 0 radical (unpaired) electrons. The van der Waals surface area contributed by atoms with E-state index < -0.39 is 0 Å². The fraction of sp³-hybridized carbons (Fsp3) is 0.533. The van der Waals surface area contributed by atoms with E-state index in [9.17, 15) is 4.79 Å². The summed E-state index contributed by atoms with van der Waals surface area (Å²) in [5.74, 6) is -0.0297. The number of halogens is 1. The number of aryl methyl sites for hydroxylation is 1. The van der Waals surface area contributed by atoms with Gasteiger partial charge in [-0.2, -0.15) is 0 Å². The van der Waals surface area contributed by atoms with E-state index in [2.05, 4.69) is 21.2 Å². The van der Waals surface area contributed by atoms with Gasteiger partial charge in [0, 0.05) is 16.6 Å². The van der Waals surface area contributed by atoms with E-state index in [-0.39, 0.29) is 18.0 Å². The van der Waals surface area contributed by atoms with Gasteiger partial charge in [0.15, 0.2) is 0 Å². The van der Waals surface area contributed by atoms with Gasteiger partial charge in [0.05, 0.1) is 5.56 Å². The van der Waals surface area contributed by atoms with Crippen molar-refractivity contribution in [2.75, 3.05) is 0 Å². The lowest BCUT2D eigenvalue weighted by molar-refractivity contribution is 0.0928. The molecule has 2 unspecified atom stereocenters. The number of hydrogen-bond acceptors (Lipinski definition) is 2. The second-order valence-electron chi connectivity index (χ2n) is 5.32. The summed E-state index contributed by atoms with van der Waals surface area (Å²) in [5, 5.41) is 3.10. The summed E-state index contributed by atoms with van der Waals surface area (Å²) < 4.78 is 0.870. The smallest absolute Gasteiger partial charge is 0.252 e. The van der Waals surface area contributed by atoms with Crippen molar-refractivity contribution >= 4 is 21.8 Å². The van der Waals surface area contributed by atoms with Crippen molar-refractivity contribution < 1.29 is 4.79 Å². The van der Waals surface area contributed by atoms with Crippen LogP contribution in [0, 0.1) is 6.92 Å². The molecule has 2 rings (SSSR count). The first-order chi connectivity index (χ1) is 9.09. The van der Waals surface area contributed by atoms with Crippen LogP contribution in [0.15, 0.2) is 22.7 Å². The van der Waals surface area contributed by atoms with Crippen LogP contribution >= 0.6 is 15.9 Å². The number of hydrogen-bond donors (Lipinski definition) is 2. The summed E-state index contributed by atoms with van der Waals surface area (Å²) in [4.78, 5) is 12.3. The SMILES string of the molecule is Cc1cccc(C(=O)NC2CCCCCC2N)c1Br. The Hall–Kier alpha value is -0.870. The summed E-state index contributed by atoms with van der Waals surface area (Å²) in [6.07, 6.45) is 5.51. The van der Waals surface area contributed by atoms with E-state index in [1.807, 2.05) is 25.1 Å². The van der Waals surface area contributed by atoms with Crippen molar-refractivity contribution in [2.45, 2.75) is 51.1 Å². The van der Waals surface area contributed by atoms with Crippen LogP contribution in [0.4, 0.5) is 0 Å². The normalized spacial score (nSPS) is 23.7. The molecule has 0 aromatic heterocycles. The number of carbonyl (C=O) groups excluding carboxylic acids is 1. The molecule has 3 N–H and O–H groups in total. The number of nitrogens with two attached hydrogens (primary N) is 1. The van der Waals surface area contributed by atoms with Crippen LogP contribution in [0.1, 0.15) is 48.0 Å². The van der Waals surface area contributed by atoms with Crippen molar-refractivity contribution in [3.63, 3.8) is 0 Å². The van der Waals surface area contributed by atoms with Crippen molar-refractivity contribution in [1.82, 2.24) is 5.32 Å². The van der Waals surface area contributed by atoms with Crippen molar-refractivity contribution in [1.29, 1.82) is 0 Å². The average molecular weight is 325 g/mol. The summed E-state index contributed by atoms with van der Waals surface area (Å²) in [6, 6.07) is 5.91. The van der Waals surface area contributed by atoms with Crippen LogP contribution < -0.4 is 11.1 Å². The van der Waals surface area contributed by atoms with Crippen LogP contribution in [0.5, 0.6) is 0 Å². The number of carbonyl (C=O) groups is 1. The van der Waals surface area contributed by atoms with Gasteiger partial charge in [-0.3, -0.25) is 4.79 Å². The summed E-state index contributed by atoms with van der Waals surface area (Å²) >= 11 is 3.48. The second-order valence-corrected chi connectivity index (χ2v) is 6.11. The lowest BCUT2D eigenvalue weighted by Gasteiger charge is -2.23. The Kier molecular flexibility index (Phi) is 4.99. The van der Waals surface area contributed by atoms with Crippen LogP contribution in [-0.4, -0.2) is 18.0 Å². The first-order valence-corrected chi connectivity index (χ1v) is 7.70. The Morgan fingerprint density at radius 3 is 2.84 bits per heavy atom. The van der Waals surface area contributed by atoms with Gasteiger partial charge in [-0.25, -0.2) is 0 Å². The van der Waals surface area contributed by atoms with Crippen LogP contribution in [-0.2, 0) is 0 Å². The monoisotopic (exact) mass is 324 g/mol. The minimum absolute atomic E-state index is 0.0297. The van der Waals surface area contributed by atoms with Crippen LogP contribution in [0.25, 0.3) is 0 Å². The van der Waals surface area contributed by atoms with Gasteiger partial charge in [-0.1, -0.05) is 31.4 Å². The standard InChI is InChI=1S/C15H21BrN2O/c1-10-6-5-7-11(14(10)16)15(19)18-13-9-4-2-3-8-12(13)17/h5-7,12-13H,2-4,8-9,17H2,1H3,(H,18,19). The highest BCUT2D eigenvalue weighted by Gasteiger charge is 2.23. The van der Waals surface area contributed by atoms with Gasteiger partial charge >= 0.3 is 0 Å². The zero-order chi connectivity index (χ0) is 13.8. The number of rotatable bonds is 2. The quantitative estimate of drug-likeness (QED) is 0.821. The molecule has 0 bridgehead atoms. The third-order valence-electron chi connectivity index (χ3n) is 3.82.